The van der Waals surface area contributed by atoms with Crippen LogP contribution >= 0.6 is 0 Å². The third kappa shape index (κ3) is 7.07. The van der Waals surface area contributed by atoms with E-state index in [1.54, 1.807) is 0 Å². The fraction of sp³-hybridized carbons (Fsp3) is 0.533. The Morgan fingerprint density at radius 3 is 2.67 bits per heavy atom. The van der Waals surface area contributed by atoms with Crippen LogP contribution in [0.1, 0.15) is 25.8 Å². The van der Waals surface area contributed by atoms with Crippen LogP contribution in [0.15, 0.2) is 30.3 Å². The summed E-state index contributed by atoms with van der Waals surface area (Å²) in [4.78, 5) is 11.4. The van der Waals surface area contributed by atoms with Crippen molar-refractivity contribution in [2.24, 2.45) is 5.92 Å². The highest BCUT2D eigenvalue weighted by atomic mass is 16.5. The van der Waals surface area contributed by atoms with E-state index in [-0.39, 0.29) is 5.97 Å². The fourth-order valence-electron chi connectivity index (χ4n) is 1.62. The molecular formula is C15H23NO2. The first-order valence-electron chi connectivity index (χ1n) is 6.58. The lowest BCUT2D eigenvalue weighted by Gasteiger charge is -2.08. The number of benzene rings is 1. The van der Waals surface area contributed by atoms with Gasteiger partial charge < -0.3 is 10.1 Å². The van der Waals surface area contributed by atoms with Gasteiger partial charge in [-0.3, -0.25) is 4.79 Å². The number of rotatable bonds is 8. The van der Waals surface area contributed by atoms with Gasteiger partial charge in [-0.05, 0) is 30.9 Å². The Bertz CT molecular complexity index is 336. The van der Waals surface area contributed by atoms with E-state index in [1.807, 2.05) is 18.2 Å². The van der Waals surface area contributed by atoms with Crippen LogP contribution in [-0.2, 0) is 16.0 Å². The van der Waals surface area contributed by atoms with Crippen LogP contribution in [0.25, 0.3) is 0 Å². The predicted octanol–water partition coefficient (Wildman–Crippen LogP) is 2.41. The zero-order chi connectivity index (χ0) is 13.2. The second kappa shape index (κ2) is 8.70. The monoisotopic (exact) mass is 249 g/mol. The van der Waals surface area contributed by atoms with Gasteiger partial charge in [0.2, 0.25) is 0 Å². The summed E-state index contributed by atoms with van der Waals surface area (Å²) in [5.41, 5.74) is 1.28. The Labute approximate surface area is 110 Å². The maximum absolute atomic E-state index is 11.4. The lowest BCUT2D eigenvalue weighted by Crippen LogP contribution is -2.28. The molecule has 0 spiro atoms. The zero-order valence-electron chi connectivity index (χ0n) is 11.3. The molecule has 18 heavy (non-hydrogen) atoms. The molecule has 1 rings (SSSR count). The third-order valence-corrected chi connectivity index (χ3v) is 2.54. The molecule has 1 aromatic rings. The van der Waals surface area contributed by atoms with Crippen molar-refractivity contribution < 1.29 is 9.53 Å². The normalized spacial score (nSPS) is 10.6. The quantitative estimate of drug-likeness (QED) is 0.568. The SMILES string of the molecule is CC(C)CNCC(=O)OCCCc1ccccc1. The van der Waals surface area contributed by atoms with Crippen molar-refractivity contribution in [3.63, 3.8) is 0 Å². The number of aryl methyl sites for hydroxylation is 1. The van der Waals surface area contributed by atoms with Gasteiger partial charge >= 0.3 is 5.97 Å². The highest BCUT2D eigenvalue weighted by Crippen LogP contribution is 2.02. The summed E-state index contributed by atoms with van der Waals surface area (Å²) < 4.78 is 5.14. The molecule has 0 atom stereocenters. The lowest BCUT2D eigenvalue weighted by molar-refractivity contribution is -0.142. The number of nitrogens with one attached hydrogen (secondary N) is 1. The Kier molecular flexibility index (Phi) is 7.11. The highest BCUT2D eigenvalue weighted by Gasteiger charge is 2.02. The van der Waals surface area contributed by atoms with Crippen molar-refractivity contribution in [3.05, 3.63) is 35.9 Å². The molecule has 0 heterocycles. The number of carbonyl (C=O) groups excluding carboxylic acids is 1. The fourth-order valence-corrected chi connectivity index (χ4v) is 1.62. The number of carbonyl (C=O) groups is 1. The molecule has 0 saturated heterocycles. The first-order valence-corrected chi connectivity index (χ1v) is 6.58. The minimum Gasteiger partial charge on any atom is -0.465 e. The van der Waals surface area contributed by atoms with E-state index in [2.05, 4.69) is 31.3 Å². The molecule has 0 amide bonds. The van der Waals surface area contributed by atoms with E-state index in [1.165, 1.54) is 5.56 Å². The smallest absolute Gasteiger partial charge is 0.319 e. The van der Waals surface area contributed by atoms with E-state index in [9.17, 15) is 4.79 Å². The summed E-state index contributed by atoms with van der Waals surface area (Å²) in [7, 11) is 0. The zero-order valence-corrected chi connectivity index (χ0v) is 11.3. The van der Waals surface area contributed by atoms with Crippen LogP contribution in [0.5, 0.6) is 0 Å². The highest BCUT2D eigenvalue weighted by molar-refractivity contribution is 5.71. The van der Waals surface area contributed by atoms with Gasteiger partial charge in [-0.15, -0.1) is 0 Å². The molecule has 0 saturated carbocycles. The number of ether oxygens (including phenoxy) is 1. The Balaban J connectivity index is 2.02. The van der Waals surface area contributed by atoms with Crippen LogP contribution in [0.2, 0.25) is 0 Å². The third-order valence-electron chi connectivity index (χ3n) is 2.54. The van der Waals surface area contributed by atoms with E-state index in [0.29, 0.717) is 19.1 Å². The standard InChI is InChI=1S/C15H23NO2/c1-13(2)11-16-12-15(17)18-10-6-9-14-7-4-3-5-8-14/h3-5,7-8,13,16H,6,9-12H2,1-2H3. The lowest BCUT2D eigenvalue weighted by atomic mass is 10.1. The molecule has 0 aliphatic carbocycles. The maximum atomic E-state index is 11.4. The average Bonchev–Trinajstić information content (AvgIpc) is 2.35. The van der Waals surface area contributed by atoms with Crippen LogP contribution in [0.4, 0.5) is 0 Å². The summed E-state index contributed by atoms with van der Waals surface area (Å²) in [6, 6.07) is 10.2. The summed E-state index contributed by atoms with van der Waals surface area (Å²) in [5.74, 6) is 0.389. The van der Waals surface area contributed by atoms with Crippen molar-refractivity contribution in [2.75, 3.05) is 19.7 Å². The number of esters is 1. The van der Waals surface area contributed by atoms with Gasteiger partial charge in [-0.2, -0.15) is 0 Å². The van der Waals surface area contributed by atoms with Gasteiger partial charge in [0.1, 0.15) is 0 Å². The van der Waals surface area contributed by atoms with Gasteiger partial charge in [0.25, 0.3) is 0 Å². The molecular weight excluding hydrogens is 226 g/mol. The molecule has 0 radical (unpaired) electrons. The first kappa shape index (κ1) is 14.7. The average molecular weight is 249 g/mol. The van der Waals surface area contributed by atoms with Crippen LogP contribution < -0.4 is 5.32 Å². The molecule has 0 aliphatic heterocycles. The maximum Gasteiger partial charge on any atom is 0.319 e. The Morgan fingerprint density at radius 1 is 1.28 bits per heavy atom. The minimum atomic E-state index is -0.163. The van der Waals surface area contributed by atoms with Crippen molar-refractivity contribution in [1.82, 2.24) is 5.32 Å². The molecule has 0 fully saturated rings. The van der Waals surface area contributed by atoms with Gasteiger partial charge in [-0.25, -0.2) is 0 Å². The van der Waals surface area contributed by atoms with E-state index < -0.39 is 0 Å². The van der Waals surface area contributed by atoms with Crippen LogP contribution in [0, 0.1) is 5.92 Å². The minimum absolute atomic E-state index is 0.163. The van der Waals surface area contributed by atoms with Crippen molar-refractivity contribution in [3.8, 4) is 0 Å². The molecule has 0 bridgehead atoms. The number of hydrogen-bond acceptors (Lipinski definition) is 3. The molecule has 0 aliphatic rings. The molecule has 3 nitrogen and oxygen atoms in total. The molecule has 1 aromatic carbocycles. The summed E-state index contributed by atoms with van der Waals surface area (Å²) >= 11 is 0. The predicted molar refractivity (Wildman–Crippen MR) is 73.4 cm³/mol. The summed E-state index contributed by atoms with van der Waals surface area (Å²) in [5, 5.41) is 3.07. The second-order valence-corrected chi connectivity index (χ2v) is 4.83. The Morgan fingerprint density at radius 2 is 2.00 bits per heavy atom. The largest absolute Gasteiger partial charge is 0.465 e. The van der Waals surface area contributed by atoms with Gasteiger partial charge in [0.15, 0.2) is 0 Å². The molecule has 0 unspecified atom stereocenters. The van der Waals surface area contributed by atoms with E-state index in [0.717, 1.165) is 19.4 Å². The van der Waals surface area contributed by atoms with Gasteiger partial charge in [-0.1, -0.05) is 44.2 Å². The van der Waals surface area contributed by atoms with Crippen molar-refractivity contribution in [2.45, 2.75) is 26.7 Å². The van der Waals surface area contributed by atoms with Crippen LogP contribution in [-0.4, -0.2) is 25.7 Å². The Hall–Kier alpha value is -1.35. The van der Waals surface area contributed by atoms with Gasteiger partial charge in [0.05, 0.1) is 13.2 Å². The topological polar surface area (TPSA) is 38.3 Å². The second-order valence-electron chi connectivity index (χ2n) is 4.83. The summed E-state index contributed by atoms with van der Waals surface area (Å²) in [6.07, 6.45) is 1.83. The molecule has 0 aromatic heterocycles. The molecule has 3 heteroatoms. The summed E-state index contributed by atoms with van der Waals surface area (Å²) in [6.45, 7) is 5.87. The van der Waals surface area contributed by atoms with Crippen molar-refractivity contribution in [1.29, 1.82) is 0 Å². The van der Waals surface area contributed by atoms with E-state index >= 15 is 0 Å². The van der Waals surface area contributed by atoms with E-state index in [4.69, 9.17) is 4.74 Å². The number of hydrogen-bond donors (Lipinski definition) is 1. The van der Waals surface area contributed by atoms with Crippen molar-refractivity contribution >= 4 is 5.97 Å². The molecule has 1 N–H and O–H groups in total. The van der Waals surface area contributed by atoms with Gasteiger partial charge in [0, 0.05) is 0 Å². The first-order chi connectivity index (χ1) is 8.68. The van der Waals surface area contributed by atoms with Crippen LogP contribution in [0.3, 0.4) is 0 Å². The molecule has 100 valence electrons.